The zero-order chi connectivity index (χ0) is 16.7. The summed E-state index contributed by atoms with van der Waals surface area (Å²) in [5.41, 5.74) is 3.34. The molecule has 1 fully saturated rings. The zero-order valence-electron chi connectivity index (χ0n) is 14.9. The molecule has 128 valence electrons. The molecule has 3 rings (SSSR count). The molecule has 0 saturated carbocycles. The normalized spacial score (nSPS) is 41.9. The molecule has 2 aliphatic heterocycles. The minimum atomic E-state index is -0.747. The van der Waals surface area contributed by atoms with E-state index in [-0.39, 0.29) is 17.8 Å². The van der Waals surface area contributed by atoms with Gasteiger partial charge in [-0.15, -0.1) is 0 Å². The number of aliphatic hydroxyl groups is 1. The third-order valence-electron chi connectivity index (χ3n) is 5.56. The van der Waals surface area contributed by atoms with Crippen molar-refractivity contribution >= 4 is 0 Å². The van der Waals surface area contributed by atoms with Crippen LogP contribution in [0.5, 0.6) is 0 Å². The van der Waals surface area contributed by atoms with Gasteiger partial charge in [-0.2, -0.15) is 0 Å². The lowest BCUT2D eigenvalue weighted by Crippen LogP contribution is -2.22. The summed E-state index contributed by atoms with van der Waals surface area (Å²) in [5.74, 6) is 0. The fourth-order valence-corrected chi connectivity index (χ4v) is 3.75. The molecule has 4 unspecified atom stereocenters. The quantitative estimate of drug-likeness (QED) is 0.540. The van der Waals surface area contributed by atoms with E-state index >= 15 is 0 Å². The van der Waals surface area contributed by atoms with E-state index in [1.807, 2.05) is 13.0 Å². The highest BCUT2D eigenvalue weighted by Crippen LogP contribution is 2.45. The van der Waals surface area contributed by atoms with Gasteiger partial charge in [-0.05, 0) is 70.9 Å². The van der Waals surface area contributed by atoms with Crippen molar-refractivity contribution in [2.45, 2.75) is 83.2 Å². The maximum atomic E-state index is 10.5. The first-order valence-corrected chi connectivity index (χ1v) is 8.84. The van der Waals surface area contributed by atoms with Gasteiger partial charge in [0.25, 0.3) is 0 Å². The van der Waals surface area contributed by atoms with E-state index in [0.717, 1.165) is 38.7 Å². The van der Waals surface area contributed by atoms with Crippen LogP contribution in [0.25, 0.3) is 0 Å². The lowest BCUT2D eigenvalue weighted by molar-refractivity contribution is 0.0961. The fraction of sp³-hybridized carbons (Fsp3) is 0.700. The zero-order valence-corrected chi connectivity index (χ0v) is 14.9. The second-order valence-corrected chi connectivity index (χ2v) is 7.97. The maximum Gasteiger partial charge on any atom is 0.0977 e. The van der Waals surface area contributed by atoms with Gasteiger partial charge in [0.15, 0.2) is 0 Å². The van der Waals surface area contributed by atoms with E-state index in [1.54, 1.807) is 0 Å². The number of rotatable bonds is 0. The van der Waals surface area contributed by atoms with E-state index in [4.69, 9.17) is 9.47 Å². The highest BCUT2D eigenvalue weighted by Gasteiger charge is 2.51. The van der Waals surface area contributed by atoms with Crippen LogP contribution < -0.4 is 0 Å². The topological polar surface area (TPSA) is 42.0 Å². The minimum absolute atomic E-state index is 0.0247. The Morgan fingerprint density at radius 2 is 2.00 bits per heavy atom. The van der Waals surface area contributed by atoms with Crippen LogP contribution in [0.1, 0.15) is 59.8 Å². The van der Waals surface area contributed by atoms with Crippen LogP contribution in [-0.2, 0) is 9.47 Å². The van der Waals surface area contributed by atoms with Crippen LogP contribution in [0.4, 0.5) is 0 Å². The van der Waals surface area contributed by atoms with Crippen LogP contribution >= 0.6 is 0 Å². The van der Waals surface area contributed by atoms with Crippen molar-refractivity contribution in [1.82, 2.24) is 0 Å². The first kappa shape index (κ1) is 16.9. The Kier molecular flexibility index (Phi) is 4.56. The van der Waals surface area contributed by atoms with Crippen molar-refractivity contribution < 1.29 is 14.6 Å². The smallest absolute Gasteiger partial charge is 0.0977 e. The average Bonchev–Trinajstić information content (AvgIpc) is 2.99. The molecular formula is C20H30O3. The summed E-state index contributed by atoms with van der Waals surface area (Å²) in [6.45, 7) is 9.16. The summed E-state index contributed by atoms with van der Waals surface area (Å²) in [6.07, 6.45) is 11.3. The lowest BCUT2D eigenvalue weighted by Gasteiger charge is -2.19. The Bertz CT molecular complexity index is 555. The average molecular weight is 318 g/mol. The van der Waals surface area contributed by atoms with Crippen molar-refractivity contribution in [1.29, 1.82) is 0 Å². The second kappa shape index (κ2) is 6.19. The largest absolute Gasteiger partial charge is 0.386 e. The summed E-state index contributed by atoms with van der Waals surface area (Å²) in [7, 11) is 0. The van der Waals surface area contributed by atoms with Gasteiger partial charge in [-0.1, -0.05) is 23.8 Å². The highest BCUT2D eigenvalue weighted by molar-refractivity contribution is 5.29. The van der Waals surface area contributed by atoms with Crippen LogP contribution in [0, 0.1) is 0 Å². The van der Waals surface area contributed by atoms with Crippen LogP contribution in [0.3, 0.4) is 0 Å². The Morgan fingerprint density at radius 3 is 2.78 bits per heavy atom. The summed E-state index contributed by atoms with van der Waals surface area (Å²) in [5, 5.41) is 10.5. The van der Waals surface area contributed by atoms with Gasteiger partial charge >= 0.3 is 0 Å². The van der Waals surface area contributed by atoms with E-state index in [0.29, 0.717) is 0 Å². The van der Waals surface area contributed by atoms with Crippen LogP contribution in [-0.4, -0.2) is 35.1 Å². The fourth-order valence-electron chi connectivity index (χ4n) is 3.75. The number of hydrogen-bond donors (Lipinski definition) is 1. The number of hydrogen-bond acceptors (Lipinski definition) is 3. The third-order valence-corrected chi connectivity index (χ3v) is 5.56. The standard InChI is InChI=1S/C20H30O3/c1-14-6-5-9-19(3,21)10-8-18-20(4,23-18)11-7-16-15(2)13-22-17(16)12-14/h5,9,12,17-18,21H,6-8,10-11,13H2,1-4H3. The number of allylic oxidation sites excluding steroid dienone is 2. The minimum Gasteiger partial charge on any atom is -0.386 e. The van der Waals surface area contributed by atoms with E-state index in [2.05, 4.69) is 32.9 Å². The molecular weight excluding hydrogens is 288 g/mol. The number of ether oxygens (including phenoxy) is 2. The molecule has 1 N–H and O–H groups in total. The lowest BCUT2D eigenvalue weighted by atomic mass is 9.89. The number of epoxide rings is 1. The van der Waals surface area contributed by atoms with Crippen LogP contribution in [0.2, 0.25) is 0 Å². The molecule has 4 atom stereocenters. The molecule has 0 aromatic heterocycles. The molecule has 3 aliphatic rings. The molecule has 1 aliphatic carbocycles. The molecule has 0 radical (unpaired) electrons. The summed E-state index contributed by atoms with van der Waals surface area (Å²) < 4.78 is 11.9. The maximum absolute atomic E-state index is 10.5. The van der Waals surface area contributed by atoms with Crippen molar-refractivity contribution in [3.05, 3.63) is 34.9 Å². The van der Waals surface area contributed by atoms with E-state index < -0.39 is 5.60 Å². The molecule has 2 heterocycles. The molecule has 0 bridgehead atoms. The van der Waals surface area contributed by atoms with Gasteiger partial charge in [0.1, 0.15) is 0 Å². The number of fused-ring (bicyclic) bond motifs is 2. The van der Waals surface area contributed by atoms with Crippen molar-refractivity contribution in [3.8, 4) is 0 Å². The second-order valence-electron chi connectivity index (χ2n) is 7.97. The van der Waals surface area contributed by atoms with Gasteiger partial charge in [0.05, 0.1) is 30.0 Å². The van der Waals surface area contributed by atoms with Crippen molar-refractivity contribution in [2.75, 3.05) is 6.61 Å². The molecule has 3 heteroatoms. The summed E-state index contributed by atoms with van der Waals surface area (Å²) in [6, 6.07) is 0. The molecule has 0 aromatic rings. The molecule has 0 spiro atoms. The predicted octanol–water partition coefficient (Wildman–Crippen LogP) is 4.08. The van der Waals surface area contributed by atoms with Crippen molar-refractivity contribution in [3.63, 3.8) is 0 Å². The Morgan fingerprint density at radius 1 is 1.22 bits per heavy atom. The Hall–Kier alpha value is -0.900. The van der Waals surface area contributed by atoms with Gasteiger partial charge in [0.2, 0.25) is 0 Å². The van der Waals surface area contributed by atoms with Gasteiger partial charge in [0, 0.05) is 0 Å². The van der Waals surface area contributed by atoms with E-state index in [1.165, 1.54) is 16.7 Å². The molecule has 3 nitrogen and oxygen atoms in total. The molecule has 1 saturated heterocycles. The van der Waals surface area contributed by atoms with Gasteiger partial charge in [-0.3, -0.25) is 0 Å². The SMILES string of the molecule is CC1=CC2OCC(C)=C2CCC2(C)OC2CCC(C)(O)C=CC1. The monoisotopic (exact) mass is 318 g/mol. The summed E-state index contributed by atoms with van der Waals surface area (Å²) >= 11 is 0. The highest BCUT2D eigenvalue weighted by atomic mass is 16.6. The summed E-state index contributed by atoms with van der Waals surface area (Å²) in [4.78, 5) is 0. The molecule has 0 aromatic carbocycles. The first-order chi connectivity index (χ1) is 10.8. The Labute approximate surface area is 140 Å². The van der Waals surface area contributed by atoms with Gasteiger partial charge < -0.3 is 14.6 Å². The predicted molar refractivity (Wildman–Crippen MR) is 92.3 cm³/mol. The molecule has 0 amide bonds. The van der Waals surface area contributed by atoms with Crippen LogP contribution in [0.15, 0.2) is 34.9 Å². The van der Waals surface area contributed by atoms with Crippen molar-refractivity contribution in [2.24, 2.45) is 0 Å². The first-order valence-electron chi connectivity index (χ1n) is 8.84. The van der Waals surface area contributed by atoms with E-state index in [9.17, 15) is 5.11 Å². The van der Waals surface area contributed by atoms with Gasteiger partial charge in [-0.25, -0.2) is 0 Å². The Balaban J connectivity index is 1.81. The third kappa shape index (κ3) is 3.96. The molecule has 23 heavy (non-hydrogen) atoms.